The van der Waals surface area contributed by atoms with Crippen LogP contribution in [0.15, 0.2) is 24.1 Å². The fourth-order valence-corrected chi connectivity index (χ4v) is 2.00. The molecular weight excluding hydrogens is 181 g/mol. The second-order valence-corrected chi connectivity index (χ2v) is 4.00. The van der Waals surface area contributed by atoms with Gasteiger partial charge in [-0.15, -0.1) is 0 Å². The second kappa shape index (κ2) is 4.24. The first-order valence-corrected chi connectivity index (χ1v) is 5.16. The molecule has 1 aliphatic heterocycles. The van der Waals surface area contributed by atoms with Crippen LogP contribution in [0.1, 0.15) is 13.3 Å². The van der Waals surface area contributed by atoms with Crippen molar-refractivity contribution in [1.29, 1.82) is 0 Å². The van der Waals surface area contributed by atoms with Gasteiger partial charge in [-0.25, -0.2) is 4.39 Å². The van der Waals surface area contributed by atoms with Crippen molar-refractivity contribution in [2.75, 3.05) is 13.1 Å². The molecule has 0 aromatic carbocycles. The largest absolute Gasteiger partial charge is 0.372 e. The number of halogens is 1. The standard InChI is InChI=1S/C11H16FNO/c1-8-6-13-7-11(14-8)9-3-2-4-10(12)5-9/h2,4-5,8-9,11,13H,3,6-7H2,1H3/t8-,9?,11+/m0/s1. The Labute approximate surface area is 83.8 Å². The lowest BCUT2D eigenvalue weighted by Gasteiger charge is -2.33. The molecule has 1 heterocycles. The van der Waals surface area contributed by atoms with Gasteiger partial charge in [-0.1, -0.05) is 6.08 Å². The summed E-state index contributed by atoms with van der Waals surface area (Å²) in [5.41, 5.74) is 0. The minimum absolute atomic E-state index is 0.120. The third-order valence-corrected chi connectivity index (χ3v) is 2.72. The maximum atomic E-state index is 13.0. The molecule has 0 amide bonds. The lowest BCUT2D eigenvalue weighted by molar-refractivity contribution is -0.0472. The number of morpholine rings is 1. The van der Waals surface area contributed by atoms with Crippen molar-refractivity contribution in [3.8, 4) is 0 Å². The molecule has 1 saturated heterocycles. The van der Waals surface area contributed by atoms with Crippen LogP contribution in [-0.2, 0) is 4.74 Å². The van der Waals surface area contributed by atoms with E-state index in [0.29, 0.717) is 0 Å². The molecule has 1 unspecified atom stereocenters. The Kier molecular flexibility index (Phi) is 2.99. The summed E-state index contributed by atoms with van der Waals surface area (Å²) in [6, 6.07) is 0. The van der Waals surface area contributed by atoms with Gasteiger partial charge in [-0.3, -0.25) is 0 Å². The lowest BCUT2D eigenvalue weighted by Crippen LogP contribution is -2.46. The lowest BCUT2D eigenvalue weighted by atomic mass is 9.93. The summed E-state index contributed by atoms with van der Waals surface area (Å²) in [5.74, 6) is 0.0540. The first kappa shape index (κ1) is 9.87. The van der Waals surface area contributed by atoms with E-state index in [9.17, 15) is 4.39 Å². The molecule has 1 aliphatic carbocycles. The highest BCUT2D eigenvalue weighted by Gasteiger charge is 2.26. The van der Waals surface area contributed by atoms with E-state index >= 15 is 0 Å². The van der Waals surface area contributed by atoms with Crippen molar-refractivity contribution in [3.63, 3.8) is 0 Å². The third-order valence-electron chi connectivity index (χ3n) is 2.72. The van der Waals surface area contributed by atoms with E-state index in [1.54, 1.807) is 6.08 Å². The molecule has 1 N–H and O–H groups in total. The molecule has 0 aromatic heterocycles. The van der Waals surface area contributed by atoms with Crippen LogP contribution in [0.2, 0.25) is 0 Å². The highest BCUT2D eigenvalue weighted by Crippen LogP contribution is 2.24. The van der Waals surface area contributed by atoms with Gasteiger partial charge >= 0.3 is 0 Å². The average Bonchev–Trinajstić information content (AvgIpc) is 2.18. The van der Waals surface area contributed by atoms with Crippen LogP contribution in [0, 0.1) is 5.92 Å². The Morgan fingerprint density at radius 3 is 3.07 bits per heavy atom. The van der Waals surface area contributed by atoms with Gasteiger partial charge in [0.2, 0.25) is 0 Å². The van der Waals surface area contributed by atoms with Gasteiger partial charge in [0.25, 0.3) is 0 Å². The normalized spacial score (nSPS) is 38.1. The molecule has 2 nitrogen and oxygen atoms in total. The summed E-state index contributed by atoms with van der Waals surface area (Å²) in [6.07, 6.45) is 6.31. The zero-order valence-electron chi connectivity index (χ0n) is 8.37. The number of nitrogens with one attached hydrogen (secondary N) is 1. The Balaban J connectivity index is 1.97. The van der Waals surface area contributed by atoms with E-state index in [4.69, 9.17) is 4.74 Å². The Hall–Kier alpha value is -0.670. The van der Waals surface area contributed by atoms with E-state index < -0.39 is 0 Å². The molecule has 0 radical (unpaired) electrons. The molecule has 0 saturated carbocycles. The second-order valence-electron chi connectivity index (χ2n) is 4.00. The molecule has 1 fully saturated rings. The van der Waals surface area contributed by atoms with Crippen molar-refractivity contribution in [2.45, 2.75) is 25.6 Å². The fourth-order valence-electron chi connectivity index (χ4n) is 2.00. The van der Waals surface area contributed by atoms with Gasteiger partial charge in [0, 0.05) is 19.0 Å². The van der Waals surface area contributed by atoms with Crippen molar-refractivity contribution in [1.82, 2.24) is 5.32 Å². The molecule has 2 rings (SSSR count). The fraction of sp³-hybridized carbons (Fsp3) is 0.636. The van der Waals surface area contributed by atoms with Crippen molar-refractivity contribution in [3.05, 3.63) is 24.1 Å². The maximum absolute atomic E-state index is 13.0. The Bertz CT molecular complexity index is 262. The summed E-state index contributed by atoms with van der Waals surface area (Å²) >= 11 is 0. The van der Waals surface area contributed by atoms with Crippen LogP contribution in [0.4, 0.5) is 4.39 Å². The molecule has 0 bridgehead atoms. The summed E-state index contributed by atoms with van der Waals surface area (Å²) < 4.78 is 18.8. The molecular formula is C11H16FNO. The average molecular weight is 197 g/mol. The molecule has 2 aliphatic rings. The quantitative estimate of drug-likeness (QED) is 0.692. The number of rotatable bonds is 1. The predicted molar refractivity (Wildman–Crippen MR) is 53.6 cm³/mol. The maximum Gasteiger partial charge on any atom is 0.119 e. The van der Waals surface area contributed by atoms with E-state index in [-0.39, 0.29) is 24.0 Å². The number of ether oxygens (including phenoxy) is 1. The van der Waals surface area contributed by atoms with Gasteiger partial charge in [0.15, 0.2) is 0 Å². The predicted octanol–water partition coefficient (Wildman–Crippen LogP) is 1.79. The van der Waals surface area contributed by atoms with E-state index in [1.165, 1.54) is 6.08 Å². The van der Waals surface area contributed by atoms with Crippen LogP contribution >= 0.6 is 0 Å². The van der Waals surface area contributed by atoms with Crippen molar-refractivity contribution < 1.29 is 9.13 Å². The molecule has 3 atom stereocenters. The highest BCUT2D eigenvalue weighted by atomic mass is 19.1. The highest BCUT2D eigenvalue weighted by molar-refractivity contribution is 5.18. The van der Waals surface area contributed by atoms with E-state index in [2.05, 4.69) is 5.32 Å². The number of allylic oxidation sites excluding steroid dienone is 3. The molecule has 78 valence electrons. The van der Waals surface area contributed by atoms with Crippen LogP contribution in [-0.4, -0.2) is 25.3 Å². The Morgan fingerprint density at radius 2 is 2.36 bits per heavy atom. The van der Waals surface area contributed by atoms with Gasteiger partial charge in [0.1, 0.15) is 5.83 Å². The smallest absolute Gasteiger partial charge is 0.119 e. The summed E-state index contributed by atoms with van der Waals surface area (Å²) in [6.45, 7) is 3.76. The number of hydrogen-bond acceptors (Lipinski definition) is 2. The first-order valence-electron chi connectivity index (χ1n) is 5.16. The summed E-state index contributed by atoms with van der Waals surface area (Å²) in [4.78, 5) is 0. The molecule has 14 heavy (non-hydrogen) atoms. The van der Waals surface area contributed by atoms with E-state index in [0.717, 1.165) is 19.5 Å². The zero-order valence-corrected chi connectivity index (χ0v) is 8.37. The third kappa shape index (κ3) is 2.22. The van der Waals surface area contributed by atoms with Crippen LogP contribution in [0.25, 0.3) is 0 Å². The molecule has 0 spiro atoms. The first-order chi connectivity index (χ1) is 6.75. The van der Waals surface area contributed by atoms with E-state index in [1.807, 2.05) is 13.0 Å². The zero-order chi connectivity index (χ0) is 9.97. The van der Waals surface area contributed by atoms with Crippen molar-refractivity contribution in [2.24, 2.45) is 5.92 Å². The van der Waals surface area contributed by atoms with Crippen molar-refractivity contribution >= 4 is 0 Å². The van der Waals surface area contributed by atoms with Gasteiger partial charge in [-0.05, 0) is 25.5 Å². The minimum Gasteiger partial charge on any atom is -0.372 e. The molecule has 0 aromatic rings. The summed E-state index contributed by atoms with van der Waals surface area (Å²) in [5, 5.41) is 3.30. The van der Waals surface area contributed by atoms with Crippen LogP contribution < -0.4 is 5.32 Å². The minimum atomic E-state index is -0.136. The SMILES string of the molecule is C[C@H]1CNC[C@H](C2C=C(F)C=CC2)O1. The van der Waals surface area contributed by atoms with Crippen LogP contribution in [0.3, 0.4) is 0 Å². The Morgan fingerprint density at radius 1 is 1.50 bits per heavy atom. The van der Waals surface area contributed by atoms with Gasteiger partial charge in [-0.2, -0.15) is 0 Å². The molecule has 3 heteroatoms. The topological polar surface area (TPSA) is 21.3 Å². The monoisotopic (exact) mass is 197 g/mol. The van der Waals surface area contributed by atoms with Crippen LogP contribution in [0.5, 0.6) is 0 Å². The van der Waals surface area contributed by atoms with Gasteiger partial charge in [0.05, 0.1) is 12.2 Å². The summed E-state index contributed by atoms with van der Waals surface area (Å²) in [7, 11) is 0. The van der Waals surface area contributed by atoms with Gasteiger partial charge < -0.3 is 10.1 Å². The number of hydrogen-bond donors (Lipinski definition) is 1.